The van der Waals surface area contributed by atoms with Gasteiger partial charge in [-0.1, -0.05) is 24.3 Å². The molecule has 9 heteroatoms. The fourth-order valence-electron chi connectivity index (χ4n) is 4.59. The first-order valence-corrected chi connectivity index (χ1v) is 13.1. The van der Waals surface area contributed by atoms with Gasteiger partial charge in [0.25, 0.3) is 0 Å². The van der Waals surface area contributed by atoms with Gasteiger partial charge >= 0.3 is 6.09 Å². The van der Waals surface area contributed by atoms with Crippen LogP contribution in [0.1, 0.15) is 24.0 Å². The minimum absolute atomic E-state index is 0.101. The Kier molecular flexibility index (Phi) is 7.70. The van der Waals surface area contributed by atoms with Crippen LogP contribution in [0, 0.1) is 11.2 Å². The molecular weight excluding hydrogens is 527 g/mol. The van der Waals surface area contributed by atoms with Crippen molar-refractivity contribution in [1.29, 1.82) is 0 Å². The van der Waals surface area contributed by atoms with Gasteiger partial charge in [-0.15, -0.1) is 0 Å². The molecule has 0 radical (unpaired) electrons. The number of carbonyl (C=O) groups excluding carboxylic acids is 3. The molecule has 1 fully saturated rings. The Balaban J connectivity index is 1.27. The fourth-order valence-corrected chi connectivity index (χ4v) is 4.59. The van der Waals surface area contributed by atoms with Crippen molar-refractivity contribution in [2.75, 3.05) is 21.2 Å². The Bertz CT molecular complexity index is 1610. The minimum atomic E-state index is -0.946. The zero-order chi connectivity index (χ0) is 29.1. The summed E-state index contributed by atoms with van der Waals surface area (Å²) in [7, 11) is 4.65. The van der Waals surface area contributed by atoms with E-state index in [9.17, 15) is 18.8 Å². The van der Waals surface area contributed by atoms with E-state index in [-0.39, 0.29) is 36.0 Å². The molecule has 0 aliphatic heterocycles. The predicted molar refractivity (Wildman–Crippen MR) is 150 cm³/mol. The second-order valence-electron chi connectivity index (χ2n) is 10.2. The van der Waals surface area contributed by atoms with Crippen molar-refractivity contribution < 1.29 is 33.0 Å². The van der Waals surface area contributed by atoms with Gasteiger partial charge in [-0.3, -0.25) is 14.6 Å². The van der Waals surface area contributed by atoms with Crippen LogP contribution in [0.5, 0.6) is 23.0 Å². The number of hydrogen-bond donors (Lipinski definition) is 0. The molecule has 5 rings (SSSR count). The smallest absolute Gasteiger partial charge is 0.414 e. The average molecular weight is 557 g/mol. The van der Waals surface area contributed by atoms with Gasteiger partial charge in [-0.25, -0.2) is 9.18 Å². The van der Waals surface area contributed by atoms with Crippen LogP contribution in [0.25, 0.3) is 10.9 Å². The number of aromatic nitrogens is 1. The summed E-state index contributed by atoms with van der Waals surface area (Å²) in [6, 6.07) is 17.9. The van der Waals surface area contributed by atoms with Crippen LogP contribution in [0.4, 0.5) is 9.18 Å². The maximum Gasteiger partial charge on any atom is 0.414 e. The number of hydrogen-bond acceptors (Lipinski definition) is 7. The Morgan fingerprint density at radius 2 is 1.46 bits per heavy atom. The van der Waals surface area contributed by atoms with Crippen LogP contribution in [0.2, 0.25) is 0 Å². The van der Waals surface area contributed by atoms with Crippen LogP contribution in [-0.2, 0) is 22.4 Å². The Hall–Kier alpha value is -4.79. The number of ether oxygens (including phenoxy) is 3. The normalized spacial score (nSPS) is 13.4. The molecule has 0 spiro atoms. The van der Waals surface area contributed by atoms with Gasteiger partial charge in [0.15, 0.2) is 23.1 Å². The molecule has 0 atom stereocenters. The summed E-state index contributed by atoms with van der Waals surface area (Å²) < 4.78 is 30.2. The monoisotopic (exact) mass is 556 g/mol. The molecular formula is C32H29FN2O6. The number of methoxy groups -OCH3 is 1. The number of Topliss-reactive ketones (excluding diaryl/α,β-unsaturated/α-hetero) is 2. The molecule has 8 nitrogen and oxygen atoms in total. The molecule has 1 heterocycles. The van der Waals surface area contributed by atoms with Crippen molar-refractivity contribution in [2.24, 2.45) is 5.41 Å². The highest BCUT2D eigenvalue weighted by Gasteiger charge is 2.54. The molecule has 1 aliphatic carbocycles. The number of halogens is 1. The number of pyridine rings is 1. The third-order valence-corrected chi connectivity index (χ3v) is 7.16. The van der Waals surface area contributed by atoms with Crippen molar-refractivity contribution in [1.82, 2.24) is 9.88 Å². The molecule has 1 aromatic heterocycles. The maximum atomic E-state index is 13.2. The number of carbonyl (C=O) groups is 3. The number of fused-ring (bicyclic) bond motifs is 1. The number of benzene rings is 3. The molecule has 0 unspecified atom stereocenters. The first kappa shape index (κ1) is 27.8. The number of nitrogens with zero attached hydrogens (tertiary/aromatic N) is 2. The lowest BCUT2D eigenvalue weighted by Gasteiger charge is -2.15. The van der Waals surface area contributed by atoms with Gasteiger partial charge in [-0.2, -0.15) is 0 Å². The van der Waals surface area contributed by atoms with Crippen LogP contribution in [-0.4, -0.2) is 48.7 Å². The van der Waals surface area contributed by atoms with Crippen LogP contribution in [0.15, 0.2) is 72.9 Å². The van der Waals surface area contributed by atoms with E-state index in [1.54, 1.807) is 74.9 Å². The van der Waals surface area contributed by atoms with E-state index in [0.29, 0.717) is 46.6 Å². The van der Waals surface area contributed by atoms with Crippen LogP contribution < -0.4 is 14.2 Å². The third-order valence-electron chi connectivity index (χ3n) is 7.16. The summed E-state index contributed by atoms with van der Waals surface area (Å²) in [6.45, 7) is 0. The Morgan fingerprint density at radius 3 is 2.02 bits per heavy atom. The minimum Gasteiger partial charge on any atom is -0.493 e. The Labute approximate surface area is 236 Å². The molecule has 210 valence electrons. The van der Waals surface area contributed by atoms with Gasteiger partial charge in [0, 0.05) is 44.6 Å². The van der Waals surface area contributed by atoms with Gasteiger partial charge in [0.1, 0.15) is 17.3 Å². The first-order chi connectivity index (χ1) is 19.7. The van der Waals surface area contributed by atoms with Crippen molar-refractivity contribution in [3.8, 4) is 23.0 Å². The highest BCUT2D eigenvalue weighted by atomic mass is 19.1. The quantitative estimate of drug-likeness (QED) is 0.223. The zero-order valence-corrected chi connectivity index (χ0v) is 23.0. The van der Waals surface area contributed by atoms with Gasteiger partial charge in [0.2, 0.25) is 0 Å². The highest BCUT2D eigenvalue weighted by molar-refractivity contribution is 6.11. The highest BCUT2D eigenvalue weighted by Crippen LogP contribution is 2.49. The van der Waals surface area contributed by atoms with E-state index < -0.39 is 11.5 Å². The van der Waals surface area contributed by atoms with Crippen molar-refractivity contribution in [3.63, 3.8) is 0 Å². The van der Waals surface area contributed by atoms with Crippen LogP contribution >= 0.6 is 0 Å². The molecule has 1 amide bonds. The predicted octanol–water partition coefficient (Wildman–Crippen LogP) is 5.94. The van der Waals surface area contributed by atoms with Crippen molar-refractivity contribution in [3.05, 3.63) is 89.9 Å². The van der Waals surface area contributed by atoms with E-state index in [4.69, 9.17) is 14.2 Å². The van der Waals surface area contributed by atoms with Gasteiger partial charge in [0.05, 0.1) is 18.0 Å². The zero-order valence-electron chi connectivity index (χ0n) is 23.0. The average Bonchev–Trinajstić information content (AvgIpc) is 3.77. The molecule has 0 bridgehead atoms. The number of amides is 1. The van der Waals surface area contributed by atoms with E-state index >= 15 is 0 Å². The largest absolute Gasteiger partial charge is 0.493 e. The van der Waals surface area contributed by atoms with Gasteiger partial charge in [-0.05, 0) is 60.4 Å². The summed E-state index contributed by atoms with van der Waals surface area (Å²) in [5, 5.41) is 0.656. The van der Waals surface area contributed by atoms with Crippen molar-refractivity contribution >= 4 is 28.6 Å². The van der Waals surface area contributed by atoms with Gasteiger partial charge < -0.3 is 19.1 Å². The second-order valence-corrected chi connectivity index (χ2v) is 10.2. The SMILES string of the molecule is COc1cc2c(Oc3ccc(CC(=O)C4(C(=O)Cc5ccc(F)cc5)CC4)cc3)ccnc2cc1OC(=O)N(C)C. The lowest BCUT2D eigenvalue weighted by atomic mass is 9.88. The summed E-state index contributed by atoms with van der Waals surface area (Å²) >= 11 is 0. The van der Waals surface area contributed by atoms with Crippen LogP contribution in [0.3, 0.4) is 0 Å². The Morgan fingerprint density at radius 1 is 0.854 bits per heavy atom. The topological polar surface area (TPSA) is 95.0 Å². The molecule has 1 aliphatic rings. The summed E-state index contributed by atoms with van der Waals surface area (Å²) in [5.41, 5.74) is 1.08. The second kappa shape index (κ2) is 11.4. The molecule has 0 N–H and O–H groups in total. The molecule has 3 aromatic carbocycles. The summed E-state index contributed by atoms with van der Waals surface area (Å²) in [5.74, 6) is 1.07. The lowest BCUT2D eigenvalue weighted by molar-refractivity contribution is -0.133. The van der Waals surface area contributed by atoms with E-state index in [0.717, 1.165) is 5.56 Å². The van der Waals surface area contributed by atoms with E-state index in [1.165, 1.54) is 24.1 Å². The first-order valence-electron chi connectivity index (χ1n) is 13.1. The molecule has 1 saturated carbocycles. The van der Waals surface area contributed by atoms with E-state index in [1.807, 2.05) is 0 Å². The maximum absolute atomic E-state index is 13.2. The summed E-state index contributed by atoms with van der Waals surface area (Å²) in [6.07, 6.45) is 2.39. The number of ketones is 2. The molecule has 0 saturated heterocycles. The lowest BCUT2D eigenvalue weighted by Crippen LogP contribution is -2.28. The standard InChI is InChI=1S/C32H29FN2O6/c1-35(2)31(38)41-28-19-25-24(18-27(28)39-3)26(12-15-34-25)40-23-10-6-21(7-11-23)17-30(37)32(13-14-32)29(36)16-20-4-8-22(33)9-5-20/h4-12,15,18-19H,13-14,16-17H2,1-3H3. The molecule has 41 heavy (non-hydrogen) atoms. The number of rotatable bonds is 10. The third kappa shape index (κ3) is 6.04. The fraction of sp³-hybridized carbons (Fsp3) is 0.250. The summed E-state index contributed by atoms with van der Waals surface area (Å²) in [4.78, 5) is 43.8. The van der Waals surface area contributed by atoms with Crippen molar-refractivity contribution in [2.45, 2.75) is 25.7 Å². The van der Waals surface area contributed by atoms with E-state index in [2.05, 4.69) is 4.98 Å². The molecule has 4 aromatic rings.